The molecular formula is C13H20BrNO. The molecule has 0 bridgehead atoms. The van der Waals surface area contributed by atoms with Crippen molar-refractivity contribution in [1.82, 2.24) is 0 Å². The summed E-state index contributed by atoms with van der Waals surface area (Å²) in [7, 11) is 2.07. The summed E-state index contributed by atoms with van der Waals surface area (Å²) in [5.74, 6) is 0.704. The average molecular weight is 286 g/mol. The van der Waals surface area contributed by atoms with Crippen LogP contribution in [0, 0.1) is 5.92 Å². The predicted molar refractivity (Wildman–Crippen MR) is 72.8 cm³/mol. The number of nitrogens with zero attached hydrogens (tertiary/aromatic N) is 1. The fourth-order valence-electron chi connectivity index (χ4n) is 1.63. The molecule has 1 rings (SSSR count). The second-order valence-electron chi connectivity index (χ2n) is 4.54. The SMILES string of the molecule is CC(C)CCN(C)c1ccc(Br)cc1CO. The highest BCUT2D eigenvalue weighted by molar-refractivity contribution is 9.10. The van der Waals surface area contributed by atoms with Gasteiger partial charge in [0.05, 0.1) is 6.61 Å². The second-order valence-corrected chi connectivity index (χ2v) is 5.45. The zero-order chi connectivity index (χ0) is 12.1. The van der Waals surface area contributed by atoms with Crippen LogP contribution in [-0.4, -0.2) is 18.7 Å². The largest absolute Gasteiger partial charge is 0.392 e. The Kier molecular flexibility index (Phi) is 5.29. The standard InChI is InChI=1S/C13H20BrNO/c1-10(2)6-7-15(3)13-5-4-12(14)8-11(13)9-16/h4-5,8,10,16H,6-7,9H2,1-3H3. The molecule has 0 unspecified atom stereocenters. The highest BCUT2D eigenvalue weighted by atomic mass is 79.9. The summed E-state index contributed by atoms with van der Waals surface area (Å²) in [5.41, 5.74) is 2.09. The first-order chi connectivity index (χ1) is 7.54. The summed E-state index contributed by atoms with van der Waals surface area (Å²) >= 11 is 3.42. The molecule has 0 radical (unpaired) electrons. The van der Waals surface area contributed by atoms with Crippen molar-refractivity contribution in [1.29, 1.82) is 0 Å². The zero-order valence-electron chi connectivity index (χ0n) is 10.2. The van der Waals surface area contributed by atoms with Crippen LogP contribution in [0.15, 0.2) is 22.7 Å². The Bertz CT molecular complexity index is 339. The number of aliphatic hydroxyl groups is 1. The highest BCUT2D eigenvalue weighted by Crippen LogP contribution is 2.24. The maximum atomic E-state index is 9.32. The van der Waals surface area contributed by atoms with Gasteiger partial charge in [0, 0.05) is 29.3 Å². The van der Waals surface area contributed by atoms with Gasteiger partial charge in [-0.15, -0.1) is 0 Å². The van der Waals surface area contributed by atoms with Crippen molar-refractivity contribution >= 4 is 21.6 Å². The van der Waals surface area contributed by atoms with Crippen LogP contribution >= 0.6 is 15.9 Å². The molecule has 2 nitrogen and oxygen atoms in total. The van der Waals surface area contributed by atoms with Gasteiger partial charge in [-0.05, 0) is 30.5 Å². The lowest BCUT2D eigenvalue weighted by molar-refractivity contribution is 0.282. The second kappa shape index (κ2) is 6.26. The molecule has 1 aromatic carbocycles. The molecule has 0 amide bonds. The van der Waals surface area contributed by atoms with Crippen LogP contribution in [0.5, 0.6) is 0 Å². The molecule has 0 atom stereocenters. The van der Waals surface area contributed by atoms with Gasteiger partial charge in [0.15, 0.2) is 0 Å². The lowest BCUT2D eigenvalue weighted by Crippen LogP contribution is -2.21. The third-order valence-corrected chi connectivity index (χ3v) is 3.16. The topological polar surface area (TPSA) is 23.5 Å². The minimum atomic E-state index is 0.0841. The Morgan fingerprint density at radius 2 is 2.06 bits per heavy atom. The summed E-state index contributed by atoms with van der Waals surface area (Å²) in [5, 5.41) is 9.32. The quantitative estimate of drug-likeness (QED) is 0.896. The van der Waals surface area contributed by atoms with Gasteiger partial charge in [-0.25, -0.2) is 0 Å². The zero-order valence-corrected chi connectivity index (χ0v) is 11.8. The summed E-state index contributed by atoms with van der Waals surface area (Å²) in [4.78, 5) is 2.21. The summed E-state index contributed by atoms with van der Waals surface area (Å²) < 4.78 is 1.01. The van der Waals surface area contributed by atoms with Crippen molar-refractivity contribution in [2.45, 2.75) is 26.9 Å². The number of benzene rings is 1. The van der Waals surface area contributed by atoms with Gasteiger partial charge < -0.3 is 10.0 Å². The van der Waals surface area contributed by atoms with Crippen LogP contribution in [-0.2, 0) is 6.61 Å². The Morgan fingerprint density at radius 3 is 2.62 bits per heavy atom. The van der Waals surface area contributed by atoms with Crippen molar-refractivity contribution < 1.29 is 5.11 Å². The molecule has 0 saturated carbocycles. The van der Waals surface area contributed by atoms with Crippen molar-refractivity contribution in [2.24, 2.45) is 5.92 Å². The molecule has 0 aliphatic carbocycles. The van der Waals surface area contributed by atoms with E-state index in [-0.39, 0.29) is 6.61 Å². The maximum absolute atomic E-state index is 9.32. The fraction of sp³-hybridized carbons (Fsp3) is 0.538. The van der Waals surface area contributed by atoms with Gasteiger partial charge in [0.2, 0.25) is 0 Å². The Labute approximate surface area is 106 Å². The van der Waals surface area contributed by atoms with Crippen molar-refractivity contribution in [2.75, 3.05) is 18.5 Å². The van der Waals surface area contributed by atoms with Crippen LogP contribution in [0.4, 0.5) is 5.69 Å². The van der Waals surface area contributed by atoms with Crippen LogP contribution < -0.4 is 4.90 Å². The summed E-state index contributed by atoms with van der Waals surface area (Å²) in [6.07, 6.45) is 1.16. The van der Waals surface area contributed by atoms with E-state index in [1.807, 2.05) is 12.1 Å². The van der Waals surface area contributed by atoms with E-state index in [9.17, 15) is 5.11 Å². The Hall–Kier alpha value is -0.540. The van der Waals surface area contributed by atoms with E-state index in [1.54, 1.807) is 0 Å². The van der Waals surface area contributed by atoms with E-state index in [4.69, 9.17) is 0 Å². The lowest BCUT2D eigenvalue weighted by atomic mass is 10.1. The normalized spacial score (nSPS) is 10.9. The van der Waals surface area contributed by atoms with Crippen LogP contribution in [0.2, 0.25) is 0 Å². The molecular weight excluding hydrogens is 266 g/mol. The van der Waals surface area contributed by atoms with Crippen LogP contribution in [0.3, 0.4) is 0 Å². The molecule has 1 N–H and O–H groups in total. The average Bonchev–Trinajstić information content (AvgIpc) is 2.25. The fourth-order valence-corrected chi connectivity index (χ4v) is 2.03. The number of hydrogen-bond donors (Lipinski definition) is 1. The molecule has 90 valence electrons. The first kappa shape index (κ1) is 13.5. The molecule has 0 heterocycles. The van der Waals surface area contributed by atoms with E-state index in [0.717, 1.165) is 28.7 Å². The predicted octanol–water partition coefficient (Wildman–Crippen LogP) is 3.42. The first-order valence-electron chi connectivity index (χ1n) is 5.65. The molecule has 16 heavy (non-hydrogen) atoms. The summed E-state index contributed by atoms with van der Waals surface area (Å²) in [6, 6.07) is 6.04. The lowest BCUT2D eigenvalue weighted by Gasteiger charge is -2.23. The number of hydrogen-bond acceptors (Lipinski definition) is 2. The molecule has 0 aromatic heterocycles. The third-order valence-electron chi connectivity index (χ3n) is 2.66. The van der Waals surface area contributed by atoms with Gasteiger partial charge in [-0.2, -0.15) is 0 Å². The minimum absolute atomic E-state index is 0.0841. The Balaban J connectivity index is 2.77. The Morgan fingerprint density at radius 1 is 1.38 bits per heavy atom. The van der Waals surface area contributed by atoms with Gasteiger partial charge >= 0.3 is 0 Å². The van der Waals surface area contributed by atoms with E-state index in [1.165, 1.54) is 0 Å². The van der Waals surface area contributed by atoms with Gasteiger partial charge in [0.25, 0.3) is 0 Å². The van der Waals surface area contributed by atoms with E-state index < -0.39 is 0 Å². The van der Waals surface area contributed by atoms with Gasteiger partial charge in [-0.1, -0.05) is 29.8 Å². The van der Waals surface area contributed by atoms with Crippen LogP contribution in [0.1, 0.15) is 25.8 Å². The molecule has 1 aromatic rings. The number of halogens is 1. The molecule has 0 spiro atoms. The number of anilines is 1. The maximum Gasteiger partial charge on any atom is 0.0702 e. The van der Waals surface area contributed by atoms with Gasteiger partial charge in [0.1, 0.15) is 0 Å². The molecule has 0 aliphatic heterocycles. The summed E-state index contributed by atoms with van der Waals surface area (Å²) in [6.45, 7) is 5.55. The minimum Gasteiger partial charge on any atom is -0.392 e. The van der Waals surface area contributed by atoms with Crippen molar-refractivity contribution in [3.8, 4) is 0 Å². The van der Waals surface area contributed by atoms with E-state index in [0.29, 0.717) is 5.92 Å². The number of rotatable bonds is 5. The first-order valence-corrected chi connectivity index (χ1v) is 6.44. The molecule has 3 heteroatoms. The molecule has 0 saturated heterocycles. The van der Waals surface area contributed by atoms with Crippen LogP contribution in [0.25, 0.3) is 0 Å². The third kappa shape index (κ3) is 3.80. The smallest absolute Gasteiger partial charge is 0.0702 e. The van der Waals surface area contributed by atoms with E-state index in [2.05, 4.69) is 47.8 Å². The van der Waals surface area contributed by atoms with E-state index >= 15 is 0 Å². The highest BCUT2D eigenvalue weighted by Gasteiger charge is 2.07. The molecule has 0 aliphatic rings. The van der Waals surface area contributed by atoms with Crippen molar-refractivity contribution in [3.05, 3.63) is 28.2 Å². The molecule has 0 fully saturated rings. The number of aliphatic hydroxyl groups excluding tert-OH is 1. The van der Waals surface area contributed by atoms with Crippen molar-refractivity contribution in [3.63, 3.8) is 0 Å². The van der Waals surface area contributed by atoms with Gasteiger partial charge in [-0.3, -0.25) is 0 Å². The monoisotopic (exact) mass is 285 g/mol.